The van der Waals surface area contributed by atoms with E-state index in [1.54, 1.807) is 0 Å². The molecule has 0 aliphatic carbocycles. The topological polar surface area (TPSA) is 20.2 Å². The number of hydrogen-bond acceptors (Lipinski definition) is 1. The van der Waals surface area contributed by atoms with Crippen molar-refractivity contribution in [3.8, 4) is 0 Å². The SMILES string of the molecule is OCC(F)=CCc1cc(C(F)(F)F)cc(C(F)(F)F)c1. The van der Waals surface area contributed by atoms with Crippen LogP contribution in [0.2, 0.25) is 0 Å². The third-order valence-electron chi connectivity index (χ3n) is 2.36. The number of alkyl halides is 6. The van der Waals surface area contributed by atoms with Gasteiger partial charge < -0.3 is 5.11 Å². The zero-order chi connectivity index (χ0) is 15.6. The zero-order valence-electron chi connectivity index (χ0n) is 9.82. The number of aliphatic hydroxyl groups excluding tert-OH is 1. The van der Waals surface area contributed by atoms with Crippen LogP contribution in [0, 0.1) is 0 Å². The van der Waals surface area contributed by atoms with Crippen LogP contribution in [0.5, 0.6) is 0 Å². The summed E-state index contributed by atoms with van der Waals surface area (Å²) in [7, 11) is 0. The van der Waals surface area contributed by atoms with Crippen molar-refractivity contribution in [1.29, 1.82) is 0 Å². The van der Waals surface area contributed by atoms with Gasteiger partial charge in [-0.1, -0.05) is 0 Å². The minimum atomic E-state index is -4.94. The molecule has 1 nitrogen and oxygen atoms in total. The standard InChI is InChI=1S/C12H9F7O/c13-10(6-20)2-1-7-3-8(11(14,15)16)5-9(4-7)12(17,18)19/h2-5,20H,1,6H2. The van der Waals surface area contributed by atoms with Gasteiger partial charge in [0.25, 0.3) is 0 Å². The molecule has 8 heteroatoms. The van der Waals surface area contributed by atoms with Gasteiger partial charge in [-0.2, -0.15) is 26.3 Å². The summed E-state index contributed by atoms with van der Waals surface area (Å²) in [6.45, 7) is -0.967. The fourth-order valence-corrected chi connectivity index (χ4v) is 1.43. The van der Waals surface area contributed by atoms with Gasteiger partial charge in [-0.3, -0.25) is 0 Å². The Bertz CT molecular complexity index is 467. The van der Waals surface area contributed by atoms with Crippen molar-refractivity contribution < 1.29 is 35.8 Å². The Hall–Kier alpha value is -1.57. The van der Waals surface area contributed by atoms with Crippen LogP contribution in [0.1, 0.15) is 16.7 Å². The van der Waals surface area contributed by atoms with Crippen LogP contribution in [0.15, 0.2) is 30.1 Å². The number of benzene rings is 1. The van der Waals surface area contributed by atoms with E-state index in [4.69, 9.17) is 5.11 Å². The maximum absolute atomic E-state index is 12.7. The molecule has 1 rings (SSSR count). The Kier molecular flexibility index (Phi) is 4.80. The van der Waals surface area contributed by atoms with Crippen LogP contribution in [-0.4, -0.2) is 11.7 Å². The summed E-state index contributed by atoms with van der Waals surface area (Å²) in [5.74, 6) is -1.03. The van der Waals surface area contributed by atoms with Gasteiger partial charge in [0.2, 0.25) is 0 Å². The van der Waals surface area contributed by atoms with E-state index in [9.17, 15) is 30.7 Å². The van der Waals surface area contributed by atoms with E-state index in [1.165, 1.54) is 0 Å². The summed E-state index contributed by atoms with van der Waals surface area (Å²) in [4.78, 5) is 0. The summed E-state index contributed by atoms with van der Waals surface area (Å²) in [5.41, 5.74) is -3.27. The maximum Gasteiger partial charge on any atom is 0.416 e. The van der Waals surface area contributed by atoms with E-state index in [-0.39, 0.29) is 11.6 Å². The molecule has 0 heterocycles. The van der Waals surface area contributed by atoms with E-state index in [0.717, 1.165) is 6.08 Å². The van der Waals surface area contributed by atoms with Gasteiger partial charge in [0.1, 0.15) is 5.83 Å². The molecule has 112 valence electrons. The van der Waals surface area contributed by atoms with Crippen LogP contribution in [0.4, 0.5) is 30.7 Å². The second-order valence-electron chi connectivity index (χ2n) is 3.93. The second-order valence-corrected chi connectivity index (χ2v) is 3.93. The van der Waals surface area contributed by atoms with Crippen molar-refractivity contribution in [2.45, 2.75) is 18.8 Å². The Morgan fingerprint density at radius 1 is 0.950 bits per heavy atom. The molecule has 0 fully saturated rings. The highest BCUT2D eigenvalue weighted by Gasteiger charge is 2.36. The van der Waals surface area contributed by atoms with Gasteiger partial charge in [-0.25, -0.2) is 4.39 Å². The average Bonchev–Trinajstić information content (AvgIpc) is 2.33. The molecule has 0 saturated heterocycles. The predicted molar refractivity (Wildman–Crippen MR) is 56.4 cm³/mol. The Morgan fingerprint density at radius 2 is 1.40 bits per heavy atom. The second kappa shape index (κ2) is 5.82. The van der Waals surface area contributed by atoms with E-state index in [1.807, 2.05) is 0 Å². The monoisotopic (exact) mass is 302 g/mol. The van der Waals surface area contributed by atoms with Crippen LogP contribution in [0.3, 0.4) is 0 Å². The van der Waals surface area contributed by atoms with Crippen molar-refractivity contribution in [2.75, 3.05) is 6.61 Å². The molecule has 0 aromatic heterocycles. The number of rotatable bonds is 3. The lowest BCUT2D eigenvalue weighted by molar-refractivity contribution is -0.143. The lowest BCUT2D eigenvalue weighted by Gasteiger charge is -2.13. The molecule has 0 bridgehead atoms. The molecule has 0 amide bonds. The highest BCUT2D eigenvalue weighted by molar-refractivity contribution is 5.34. The number of allylic oxidation sites excluding steroid dienone is 1. The van der Waals surface area contributed by atoms with Crippen LogP contribution in [-0.2, 0) is 18.8 Å². The Balaban J connectivity index is 3.24. The van der Waals surface area contributed by atoms with Gasteiger partial charge in [-0.15, -0.1) is 0 Å². The maximum atomic E-state index is 12.7. The third kappa shape index (κ3) is 4.52. The average molecular weight is 302 g/mol. The van der Waals surface area contributed by atoms with E-state index in [0.29, 0.717) is 12.1 Å². The minimum Gasteiger partial charge on any atom is -0.389 e. The lowest BCUT2D eigenvalue weighted by atomic mass is 10.0. The quantitative estimate of drug-likeness (QED) is 0.833. The van der Waals surface area contributed by atoms with Gasteiger partial charge in [0.05, 0.1) is 17.7 Å². The molecule has 20 heavy (non-hydrogen) atoms. The highest BCUT2D eigenvalue weighted by atomic mass is 19.4. The first-order chi connectivity index (χ1) is 9.04. The predicted octanol–water partition coefficient (Wildman–Crippen LogP) is 4.11. The zero-order valence-corrected chi connectivity index (χ0v) is 9.82. The molecule has 0 unspecified atom stereocenters. The summed E-state index contributed by atoms with van der Waals surface area (Å²) >= 11 is 0. The molecular formula is C12H9F7O. The lowest BCUT2D eigenvalue weighted by Crippen LogP contribution is -2.11. The first kappa shape index (κ1) is 16.5. The smallest absolute Gasteiger partial charge is 0.389 e. The molecule has 1 aromatic carbocycles. The molecule has 0 atom stereocenters. The molecular weight excluding hydrogens is 293 g/mol. The van der Waals surface area contributed by atoms with E-state index < -0.39 is 42.3 Å². The van der Waals surface area contributed by atoms with Crippen LogP contribution >= 0.6 is 0 Å². The molecule has 0 spiro atoms. The van der Waals surface area contributed by atoms with Gasteiger partial charge in [0, 0.05) is 0 Å². The number of halogens is 7. The van der Waals surface area contributed by atoms with Crippen molar-refractivity contribution in [1.82, 2.24) is 0 Å². The van der Waals surface area contributed by atoms with Gasteiger partial charge >= 0.3 is 12.4 Å². The van der Waals surface area contributed by atoms with Crippen molar-refractivity contribution in [2.24, 2.45) is 0 Å². The number of aliphatic hydroxyl groups is 1. The molecule has 0 aliphatic heterocycles. The summed E-state index contributed by atoms with van der Waals surface area (Å²) < 4.78 is 87.7. The summed E-state index contributed by atoms with van der Waals surface area (Å²) in [5, 5.41) is 8.38. The van der Waals surface area contributed by atoms with E-state index >= 15 is 0 Å². The molecule has 0 saturated carbocycles. The normalized spacial score (nSPS) is 13.7. The van der Waals surface area contributed by atoms with Gasteiger partial charge in [0.15, 0.2) is 0 Å². The summed E-state index contributed by atoms with van der Waals surface area (Å²) in [6, 6.07) is 1.02. The van der Waals surface area contributed by atoms with Crippen molar-refractivity contribution >= 4 is 0 Å². The first-order valence-electron chi connectivity index (χ1n) is 5.28. The Morgan fingerprint density at radius 3 is 1.75 bits per heavy atom. The molecule has 1 aromatic rings. The van der Waals surface area contributed by atoms with Gasteiger partial charge in [-0.05, 0) is 36.3 Å². The molecule has 1 N–H and O–H groups in total. The van der Waals surface area contributed by atoms with Crippen molar-refractivity contribution in [3.05, 3.63) is 46.8 Å². The third-order valence-corrected chi connectivity index (χ3v) is 2.36. The van der Waals surface area contributed by atoms with Crippen LogP contribution < -0.4 is 0 Å². The molecule has 0 aliphatic rings. The van der Waals surface area contributed by atoms with Crippen molar-refractivity contribution in [3.63, 3.8) is 0 Å². The summed E-state index contributed by atoms with van der Waals surface area (Å²) in [6.07, 6.45) is -9.64. The van der Waals surface area contributed by atoms with E-state index in [2.05, 4.69) is 0 Å². The first-order valence-corrected chi connectivity index (χ1v) is 5.28. The largest absolute Gasteiger partial charge is 0.416 e. The Labute approximate surface area is 109 Å². The fraction of sp³-hybridized carbons (Fsp3) is 0.333. The van der Waals surface area contributed by atoms with Crippen LogP contribution in [0.25, 0.3) is 0 Å². The highest BCUT2D eigenvalue weighted by Crippen LogP contribution is 2.36. The fourth-order valence-electron chi connectivity index (χ4n) is 1.43. The minimum absolute atomic E-state index is 0.00435. The number of hydrogen-bond donors (Lipinski definition) is 1. The molecule has 0 radical (unpaired) electrons.